The third kappa shape index (κ3) is 3.40. The van der Waals surface area contributed by atoms with E-state index in [9.17, 15) is 9.59 Å². The van der Waals surface area contributed by atoms with Crippen molar-refractivity contribution >= 4 is 11.8 Å². The molecule has 2 amide bonds. The van der Waals surface area contributed by atoms with E-state index in [1.54, 1.807) is 24.3 Å². The molecule has 0 saturated carbocycles. The van der Waals surface area contributed by atoms with Gasteiger partial charge in [0, 0.05) is 12.1 Å². The average molecular weight is 207 g/mol. The number of benzene rings is 1. The van der Waals surface area contributed by atoms with Gasteiger partial charge in [-0.1, -0.05) is 12.1 Å². The molecule has 1 aromatic carbocycles. The van der Waals surface area contributed by atoms with E-state index in [1.165, 1.54) is 0 Å². The Labute approximate surface area is 87.4 Å². The van der Waals surface area contributed by atoms with Crippen LogP contribution in [0.4, 0.5) is 0 Å². The van der Waals surface area contributed by atoms with Crippen LogP contribution in [0.1, 0.15) is 15.9 Å². The van der Waals surface area contributed by atoms with Gasteiger partial charge in [0.15, 0.2) is 0 Å². The van der Waals surface area contributed by atoms with Gasteiger partial charge in [-0.3, -0.25) is 9.59 Å². The largest absolute Gasteiger partial charge is 0.368 e. The van der Waals surface area contributed by atoms with Gasteiger partial charge in [0.2, 0.25) is 5.91 Å². The fourth-order valence-electron chi connectivity index (χ4n) is 1.06. The van der Waals surface area contributed by atoms with E-state index in [4.69, 9.17) is 11.5 Å². The normalized spacial score (nSPS) is 9.67. The van der Waals surface area contributed by atoms with Crippen molar-refractivity contribution < 1.29 is 9.59 Å². The molecule has 0 aliphatic rings. The number of hydrogen-bond acceptors (Lipinski definition) is 3. The Morgan fingerprint density at radius 3 is 2.27 bits per heavy atom. The number of carbonyl (C=O) groups excluding carboxylic acids is 2. The molecular formula is C10H13N3O2. The van der Waals surface area contributed by atoms with Crippen LogP contribution >= 0.6 is 0 Å². The lowest BCUT2D eigenvalue weighted by Gasteiger charge is -2.03. The molecule has 15 heavy (non-hydrogen) atoms. The Morgan fingerprint density at radius 1 is 1.20 bits per heavy atom. The number of primary amides is 1. The van der Waals surface area contributed by atoms with Crippen LogP contribution in [0.5, 0.6) is 0 Å². The van der Waals surface area contributed by atoms with E-state index in [-0.39, 0.29) is 12.5 Å². The number of nitrogens with two attached hydrogens (primary N) is 2. The van der Waals surface area contributed by atoms with E-state index < -0.39 is 5.91 Å². The van der Waals surface area contributed by atoms with Crippen molar-refractivity contribution in [1.82, 2.24) is 5.32 Å². The number of rotatable bonds is 4. The fraction of sp³-hybridized carbons (Fsp3) is 0.200. The second-order valence-electron chi connectivity index (χ2n) is 3.05. The van der Waals surface area contributed by atoms with Crippen LogP contribution in [-0.2, 0) is 11.3 Å². The number of amides is 2. The number of hydrogen-bond donors (Lipinski definition) is 3. The molecule has 5 nitrogen and oxygen atoms in total. The van der Waals surface area contributed by atoms with Crippen molar-refractivity contribution in [3.8, 4) is 0 Å². The molecule has 0 bridgehead atoms. The summed E-state index contributed by atoms with van der Waals surface area (Å²) >= 11 is 0. The summed E-state index contributed by atoms with van der Waals surface area (Å²) in [6, 6.07) is 6.83. The molecule has 0 heterocycles. The lowest BCUT2D eigenvalue weighted by atomic mass is 10.1. The van der Waals surface area contributed by atoms with Gasteiger partial charge in [0.1, 0.15) is 0 Å². The molecule has 0 radical (unpaired) electrons. The second kappa shape index (κ2) is 5.11. The van der Waals surface area contributed by atoms with Crippen LogP contribution in [0.2, 0.25) is 0 Å². The molecule has 1 aromatic rings. The maximum Gasteiger partial charge on any atom is 0.251 e. The first kappa shape index (κ1) is 11.2. The van der Waals surface area contributed by atoms with E-state index in [1.807, 2.05) is 0 Å². The molecule has 0 aliphatic carbocycles. The molecule has 80 valence electrons. The fourth-order valence-corrected chi connectivity index (χ4v) is 1.06. The minimum atomic E-state index is -0.568. The molecule has 1 rings (SSSR count). The number of nitrogens with one attached hydrogen (secondary N) is 1. The van der Waals surface area contributed by atoms with Crippen LogP contribution in [0.3, 0.4) is 0 Å². The average Bonchev–Trinajstić information content (AvgIpc) is 2.26. The first-order valence-electron chi connectivity index (χ1n) is 4.49. The standard InChI is InChI=1S/C10H13N3O2/c11-5-7-1-3-8(4-2-7)10(15)13-6-9(12)14/h1-4H,5-6,11H2,(H2,12,14)(H,13,15). The zero-order chi connectivity index (χ0) is 11.3. The SMILES string of the molecule is NCc1ccc(C(=O)NCC(N)=O)cc1. The van der Waals surface area contributed by atoms with Crippen molar-refractivity contribution in [2.75, 3.05) is 6.54 Å². The Balaban J connectivity index is 2.62. The van der Waals surface area contributed by atoms with Crippen molar-refractivity contribution in [2.24, 2.45) is 11.5 Å². The van der Waals surface area contributed by atoms with Gasteiger partial charge in [0.05, 0.1) is 6.54 Å². The summed E-state index contributed by atoms with van der Waals surface area (Å²) in [5.74, 6) is -0.890. The molecule has 0 aromatic heterocycles. The van der Waals surface area contributed by atoms with Gasteiger partial charge in [-0.2, -0.15) is 0 Å². The predicted octanol–water partition coefficient (Wildman–Crippen LogP) is -0.640. The molecule has 0 fully saturated rings. The second-order valence-corrected chi connectivity index (χ2v) is 3.05. The Hall–Kier alpha value is -1.88. The van der Waals surface area contributed by atoms with Crippen LogP contribution in [0.25, 0.3) is 0 Å². The topological polar surface area (TPSA) is 98.2 Å². The third-order valence-electron chi connectivity index (χ3n) is 1.88. The monoisotopic (exact) mass is 207 g/mol. The van der Waals surface area contributed by atoms with Crippen molar-refractivity contribution in [3.05, 3.63) is 35.4 Å². The highest BCUT2D eigenvalue weighted by atomic mass is 16.2. The summed E-state index contributed by atoms with van der Waals surface area (Å²) in [6.45, 7) is 0.278. The van der Waals surface area contributed by atoms with Gasteiger partial charge >= 0.3 is 0 Å². The van der Waals surface area contributed by atoms with Crippen molar-refractivity contribution in [3.63, 3.8) is 0 Å². The van der Waals surface area contributed by atoms with Gasteiger partial charge in [-0.05, 0) is 17.7 Å². The number of carbonyl (C=O) groups is 2. The zero-order valence-electron chi connectivity index (χ0n) is 8.19. The highest BCUT2D eigenvalue weighted by molar-refractivity contribution is 5.96. The highest BCUT2D eigenvalue weighted by Gasteiger charge is 2.05. The van der Waals surface area contributed by atoms with E-state index in [2.05, 4.69) is 5.32 Å². The lowest BCUT2D eigenvalue weighted by molar-refractivity contribution is -0.117. The van der Waals surface area contributed by atoms with Gasteiger partial charge in [-0.25, -0.2) is 0 Å². The minimum Gasteiger partial charge on any atom is -0.368 e. The maximum absolute atomic E-state index is 11.4. The summed E-state index contributed by atoms with van der Waals surface area (Å²) in [5.41, 5.74) is 11.7. The van der Waals surface area contributed by atoms with E-state index >= 15 is 0 Å². The smallest absolute Gasteiger partial charge is 0.251 e. The molecule has 0 aliphatic heterocycles. The quantitative estimate of drug-likeness (QED) is 0.612. The summed E-state index contributed by atoms with van der Waals surface area (Å²) in [5, 5.41) is 2.39. The third-order valence-corrected chi connectivity index (χ3v) is 1.88. The van der Waals surface area contributed by atoms with Crippen LogP contribution in [0.15, 0.2) is 24.3 Å². The van der Waals surface area contributed by atoms with Crippen molar-refractivity contribution in [1.29, 1.82) is 0 Å². The zero-order valence-corrected chi connectivity index (χ0v) is 8.19. The predicted molar refractivity (Wildman–Crippen MR) is 55.9 cm³/mol. The van der Waals surface area contributed by atoms with Gasteiger partial charge in [0.25, 0.3) is 5.91 Å². The summed E-state index contributed by atoms with van der Waals surface area (Å²) < 4.78 is 0. The molecule has 0 atom stereocenters. The molecule has 0 saturated heterocycles. The van der Waals surface area contributed by atoms with Crippen LogP contribution < -0.4 is 16.8 Å². The first-order valence-corrected chi connectivity index (χ1v) is 4.49. The Bertz CT molecular complexity index is 359. The molecular weight excluding hydrogens is 194 g/mol. The molecule has 0 unspecified atom stereocenters. The van der Waals surface area contributed by atoms with E-state index in [0.717, 1.165) is 5.56 Å². The summed E-state index contributed by atoms with van der Waals surface area (Å²) in [6.07, 6.45) is 0. The summed E-state index contributed by atoms with van der Waals surface area (Å²) in [7, 11) is 0. The first-order chi connectivity index (χ1) is 7.13. The lowest BCUT2D eigenvalue weighted by Crippen LogP contribution is -2.33. The molecule has 5 heteroatoms. The van der Waals surface area contributed by atoms with Crippen LogP contribution in [0, 0.1) is 0 Å². The Morgan fingerprint density at radius 2 is 1.80 bits per heavy atom. The minimum absolute atomic E-state index is 0.155. The van der Waals surface area contributed by atoms with Gasteiger partial charge < -0.3 is 16.8 Å². The molecule has 5 N–H and O–H groups in total. The van der Waals surface area contributed by atoms with Gasteiger partial charge in [-0.15, -0.1) is 0 Å². The van der Waals surface area contributed by atoms with E-state index in [0.29, 0.717) is 12.1 Å². The van der Waals surface area contributed by atoms with Crippen molar-refractivity contribution in [2.45, 2.75) is 6.54 Å². The maximum atomic E-state index is 11.4. The summed E-state index contributed by atoms with van der Waals surface area (Å²) in [4.78, 5) is 21.8. The molecule has 0 spiro atoms. The van der Waals surface area contributed by atoms with Crippen LogP contribution in [-0.4, -0.2) is 18.4 Å². The highest BCUT2D eigenvalue weighted by Crippen LogP contribution is 2.03. The Kier molecular flexibility index (Phi) is 3.82.